The summed E-state index contributed by atoms with van der Waals surface area (Å²) in [7, 11) is 0. The second-order valence-corrected chi connectivity index (χ2v) is 10.1. The van der Waals surface area contributed by atoms with Gasteiger partial charge in [0.2, 0.25) is 0 Å². The zero-order chi connectivity index (χ0) is 29.1. The first-order chi connectivity index (χ1) is 20.5. The number of benzene rings is 4. The Kier molecular flexibility index (Phi) is 7.08. The summed E-state index contributed by atoms with van der Waals surface area (Å²) < 4.78 is 0. The van der Waals surface area contributed by atoms with Crippen molar-refractivity contribution >= 4 is 5.82 Å². The lowest BCUT2D eigenvalue weighted by atomic mass is 9.87. The van der Waals surface area contributed by atoms with Crippen LogP contribution in [0.1, 0.15) is 16.8 Å². The van der Waals surface area contributed by atoms with Gasteiger partial charge in [-0.3, -0.25) is 4.98 Å². The van der Waals surface area contributed by atoms with Crippen molar-refractivity contribution < 1.29 is 0 Å². The van der Waals surface area contributed by atoms with Gasteiger partial charge in [0.1, 0.15) is 11.8 Å². The standard InChI is InChI=1S/C37H25N5/c1-24-17-25(2)19-29(18-24)31-11-7-8-12-32(31)33-15-13-27(20-34(33)26-9-5-4-6-10-26)35-16-14-28(23-40-35)37-41-30(22-38)21-36(39-3)42-37/h4-21,23H,1-2H3. The lowest BCUT2D eigenvalue weighted by Crippen LogP contribution is -1.94. The first-order valence-electron chi connectivity index (χ1n) is 13.5. The van der Waals surface area contributed by atoms with E-state index in [1.54, 1.807) is 6.20 Å². The molecule has 198 valence electrons. The number of rotatable bonds is 5. The molecule has 42 heavy (non-hydrogen) atoms. The van der Waals surface area contributed by atoms with Gasteiger partial charge in [0.15, 0.2) is 0 Å². The van der Waals surface area contributed by atoms with Crippen LogP contribution >= 0.6 is 0 Å². The first kappa shape index (κ1) is 26.3. The van der Waals surface area contributed by atoms with Crippen molar-refractivity contribution in [1.82, 2.24) is 15.0 Å². The molecule has 5 nitrogen and oxygen atoms in total. The molecule has 0 N–H and O–H groups in total. The van der Waals surface area contributed by atoms with Gasteiger partial charge in [0.25, 0.3) is 11.6 Å². The molecule has 0 aliphatic carbocycles. The van der Waals surface area contributed by atoms with E-state index >= 15 is 0 Å². The Balaban J connectivity index is 1.46. The Morgan fingerprint density at radius 3 is 2.00 bits per heavy atom. The fourth-order valence-corrected chi connectivity index (χ4v) is 5.27. The second kappa shape index (κ2) is 11.3. The monoisotopic (exact) mass is 539 g/mol. The number of nitrogens with zero attached hydrogens (tertiary/aromatic N) is 5. The summed E-state index contributed by atoms with van der Waals surface area (Å²) in [6.07, 6.45) is 1.69. The number of aryl methyl sites for hydroxylation is 2. The summed E-state index contributed by atoms with van der Waals surface area (Å²) in [5.74, 6) is 0.437. The lowest BCUT2D eigenvalue weighted by Gasteiger charge is -2.17. The van der Waals surface area contributed by atoms with Crippen LogP contribution in [0.3, 0.4) is 0 Å². The topological polar surface area (TPSA) is 66.8 Å². The third-order valence-corrected chi connectivity index (χ3v) is 7.11. The van der Waals surface area contributed by atoms with E-state index in [9.17, 15) is 5.26 Å². The van der Waals surface area contributed by atoms with Gasteiger partial charge < -0.3 is 4.85 Å². The predicted molar refractivity (Wildman–Crippen MR) is 167 cm³/mol. The van der Waals surface area contributed by atoms with Gasteiger partial charge in [0, 0.05) is 17.8 Å². The van der Waals surface area contributed by atoms with E-state index in [2.05, 4.69) is 114 Å². The predicted octanol–water partition coefficient (Wildman–Crippen LogP) is 9.25. The zero-order valence-corrected chi connectivity index (χ0v) is 23.2. The number of nitriles is 1. The first-order valence-corrected chi connectivity index (χ1v) is 13.5. The Morgan fingerprint density at radius 1 is 0.619 bits per heavy atom. The molecule has 0 saturated carbocycles. The molecule has 4 aromatic carbocycles. The van der Waals surface area contributed by atoms with Gasteiger partial charge in [-0.15, -0.1) is 0 Å². The number of hydrogen-bond donors (Lipinski definition) is 0. The Morgan fingerprint density at radius 2 is 1.31 bits per heavy atom. The molecule has 0 spiro atoms. The lowest BCUT2D eigenvalue weighted by molar-refractivity contribution is 1.15. The molecule has 6 rings (SSSR count). The molecule has 0 atom stereocenters. The van der Waals surface area contributed by atoms with Crippen LogP contribution in [-0.2, 0) is 0 Å². The summed E-state index contributed by atoms with van der Waals surface area (Å²) in [5, 5.41) is 9.29. The molecule has 5 heteroatoms. The van der Waals surface area contributed by atoms with Gasteiger partial charge >= 0.3 is 0 Å². The van der Waals surface area contributed by atoms with E-state index in [0.717, 1.165) is 27.9 Å². The van der Waals surface area contributed by atoms with Gasteiger partial charge in [-0.25, -0.2) is 0 Å². The Hall–Kier alpha value is -5.91. The quantitative estimate of drug-likeness (QED) is 0.205. The molecule has 0 bridgehead atoms. The molecule has 0 amide bonds. The maximum Gasteiger partial charge on any atom is 0.274 e. The molecule has 2 aromatic heterocycles. The third-order valence-electron chi connectivity index (χ3n) is 7.11. The van der Waals surface area contributed by atoms with E-state index in [1.165, 1.54) is 33.9 Å². The average Bonchev–Trinajstić information content (AvgIpc) is 3.04. The van der Waals surface area contributed by atoms with Gasteiger partial charge in [-0.2, -0.15) is 10.2 Å². The average molecular weight is 540 g/mol. The summed E-state index contributed by atoms with van der Waals surface area (Å²) in [6, 6.07) is 39.3. The normalized spacial score (nSPS) is 10.6. The highest BCUT2D eigenvalue weighted by Crippen LogP contribution is 2.40. The van der Waals surface area contributed by atoms with Crippen LogP contribution in [-0.4, -0.2) is 15.0 Å². The SMILES string of the molecule is [C-]#[N+]c1cc(C#N)nc(-c2ccc(-c3ccc(-c4ccccc4-c4cc(C)cc(C)c4)c(-c4ccccc4)c3)nc2)n1. The molecule has 6 aromatic rings. The number of pyridine rings is 1. The summed E-state index contributed by atoms with van der Waals surface area (Å²) >= 11 is 0. The van der Waals surface area contributed by atoms with Crippen molar-refractivity contribution in [2.75, 3.05) is 0 Å². The van der Waals surface area contributed by atoms with E-state index < -0.39 is 0 Å². The molecule has 0 saturated heterocycles. The van der Waals surface area contributed by atoms with E-state index in [-0.39, 0.29) is 11.5 Å². The van der Waals surface area contributed by atoms with Crippen LogP contribution < -0.4 is 0 Å². The van der Waals surface area contributed by atoms with E-state index in [1.807, 2.05) is 24.3 Å². The number of aromatic nitrogens is 3. The van der Waals surface area contributed by atoms with Crippen molar-refractivity contribution in [2.24, 2.45) is 0 Å². The minimum atomic E-state index is 0.129. The van der Waals surface area contributed by atoms with Gasteiger partial charge in [0.05, 0.1) is 11.3 Å². The molecular weight excluding hydrogens is 514 g/mol. The Labute approximate surface area is 245 Å². The molecular formula is C37H25N5. The summed E-state index contributed by atoms with van der Waals surface area (Å²) in [4.78, 5) is 16.6. The maximum absolute atomic E-state index is 9.29. The fourth-order valence-electron chi connectivity index (χ4n) is 5.27. The van der Waals surface area contributed by atoms with E-state index in [4.69, 9.17) is 11.6 Å². The van der Waals surface area contributed by atoms with Crippen molar-refractivity contribution in [3.05, 3.63) is 144 Å². The van der Waals surface area contributed by atoms with Crippen LogP contribution in [0.2, 0.25) is 0 Å². The molecule has 0 aliphatic heterocycles. The van der Waals surface area contributed by atoms with Crippen molar-refractivity contribution in [2.45, 2.75) is 13.8 Å². The minimum absolute atomic E-state index is 0.129. The maximum atomic E-state index is 9.29. The molecule has 2 heterocycles. The van der Waals surface area contributed by atoms with Crippen LogP contribution in [0.15, 0.2) is 115 Å². The van der Waals surface area contributed by atoms with Crippen molar-refractivity contribution in [3.63, 3.8) is 0 Å². The summed E-state index contributed by atoms with van der Waals surface area (Å²) in [5.41, 5.74) is 12.0. The molecule has 0 fully saturated rings. The minimum Gasteiger partial charge on any atom is -0.360 e. The van der Waals surface area contributed by atoms with Gasteiger partial charge in [-0.05, 0) is 65.4 Å². The van der Waals surface area contributed by atoms with Gasteiger partial charge in [-0.1, -0.05) is 108 Å². The third kappa shape index (κ3) is 5.28. The van der Waals surface area contributed by atoms with Crippen LogP contribution in [0.25, 0.3) is 60.9 Å². The summed E-state index contributed by atoms with van der Waals surface area (Å²) in [6.45, 7) is 11.6. The highest BCUT2D eigenvalue weighted by Gasteiger charge is 2.16. The molecule has 0 aliphatic rings. The molecule has 0 radical (unpaired) electrons. The fraction of sp³-hybridized carbons (Fsp3) is 0.0541. The largest absolute Gasteiger partial charge is 0.360 e. The van der Waals surface area contributed by atoms with Crippen molar-refractivity contribution in [1.29, 1.82) is 5.26 Å². The van der Waals surface area contributed by atoms with Crippen LogP contribution in [0.4, 0.5) is 5.82 Å². The molecule has 0 unspecified atom stereocenters. The smallest absolute Gasteiger partial charge is 0.274 e. The van der Waals surface area contributed by atoms with Crippen LogP contribution in [0.5, 0.6) is 0 Å². The van der Waals surface area contributed by atoms with E-state index in [0.29, 0.717) is 11.4 Å². The highest BCUT2D eigenvalue weighted by molar-refractivity contribution is 5.93. The van der Waals surface area contributed by atoms with Crippen molar-refractivity contribution in [3.8, 4) is 62.1 Å². The zero-order valence-electron chi connectivity index (χ0n) is 23.2. The second-order valence-electron chi connectivity index (χ2n) is 10.1. The highest BCUT2D eigenvalue weighted by atomic mass is 15.0. The van der Waals surface area contributed by atoms with Crippen LogP contribution in [0, 0.1) is 31.8 Å². The Bertz CT molecular complexity index is 1960. The number of hydrogen-bond acceptors (Lipinski definition) is 4.